The molecule has 0 aliphatic carbocycles. The van der Waals surface area contributed by atoms with Crippen LogP contribution < -0.4 is 10.9 Å². The van der Waals surface area contributed by atoms with Crippen molar-refractivity contribution in [2.45, 2.75) is 45.4 Å². The van der Waals surface area contributed by atoms with Crippen molar-refractivity contribution < 1.29 is 23.6 Å². The zero-order valence-electron chi connectivity index (χ0n) is 16.2. The van der Waals surface area contributed by atoms with Gasteiger partial charge < -0.3 is 9.26 Å². The number of benzene rings is 1. The molecule has 2 N–H and O–H groups in total. The quantitative estimate of drug-likeness (QED) is 0.546. The largest absolute Gasteiger partial charge is 0.455 e. The molecule has 2 rings (SSSR count). The highest BCUT2D eigenvalue weighted by molar-refractivity contribution is 5.95. The molecule has 9 heteroatoms. The smallest absolute Gasteiger partial charge is 0.306 e. The Morgan fingerprint density at radius 3 is 2.46 bits per heavy atom. The van der Waals surface area contributed by atoms with E-state index in [2.05, 4.69) is 21.0 Å². The Hall–Kier alpha value is -3.23. The van der Waals surface area contributed by atoms with Gasteiger partial charge in [0.05, 0.1) is 0 Å². The molecular formula is C19H24N4O5. The first-order valence-electron chi connectivity index (χ1n) is 8.88. The third kappa shape index (κ3) is 6.82. The second-order valence-electron chi connectivity index (χ2n) is 7.14. The maximum Gasteiger partial charge on any atom is 0.306 e. The number of aryl methyl sites for hydroxylation is 1. The van der Waals surface area contributed by atoms with Crippen LogP contribution in [0.1, 0.15) is 55.7 Å². The Bertz CT molecular complexity index is 811. The predicted octanol–water partition coefficient (Wildman–Crippen LogP) is 1.69. The number of hydrogen-bond acceptors (Lipinski definition) is 7. The second kappa shape index (κ2) is 9.63. The van der Waals surface area contributed by atoms with Crippen LogP contribution >= 0.6 is 0 Å². The number of carbonyl (C=O) groups excluding carboxylic acids is 3. The fourth-order valence-electron chi connectivity index (χ4n) is 2.09. The van der Waals surface area contributed by atoms with Crippen molar-refractivity contribution in [1.29, 1.82) is 0 Å². The number of hydrazine groups is 1. The number of rotatable bonds is 7. The van der Waals surface area contributed by atoms with Crippen LogP contribution in [0.5, 0.6) is 0 Å². The van der Waals surface area contributed by atoms with Crippen LogP contribution in [0.25, 0.3) is 0 Å². The van der Waals surface area contributed by atoms with E-state index in [-0.39, 0.29) is 11.8 Å². The van der Waals surface area contributed by atoms with Crippen molar-refractivity contribution in [3.63, 3.8) is 0 Å². The van der Waals surface area contributed by atoms with Gasteiger partial charge in [-0.2, -0.15) is 4.98 Å². The molecule has 1 aromatic heterocycles. The van der Waals surface area contributed by atoms with E-state index in [0.717, 1.165) is 0 Å². The summed E-state index contributed by atoms with van der Waals surface area (Å²) in [6, 6.07) is 8.40. The maximum absolute atomic E-state index is 11.8. The first kappa shape index (κ1) is 21.1. The topological polar surface area (TPSA) is 123 Å². The van der Waals surface area contributed by atoms with E-state index in [9.17, 15) is 14.4 Å². The Labute approximate surface area is 162 Å². The van der Waals surface area contributed by atoms with E-state index in [0.29, 0.717) is 30.1 Å². The third-order valence-corrected chi connectivity index (χ3v) is 3.63. The zero-order chi connectivity index (χ0) is 20.6. The molecule has 0 radical (unpaired) electrons. The van der Waals surface area contributed by atoms with Gasteiger partial charge in [-0.25, -0.2) is 0 Å². The van der Waals surface area contributed by atoms with Crippen LogP contribution in [0.2, 0.25) is 0 Å². The first-order chi connectivity index (χ1) is 13.3. The van der Waals surface area contributed by atoms with Crippen LogP contribution in [-0.4, -0.2) is 34.5 Å². The standard InChI is InChI=1S/C19H24N4O5/c1-19(2,3)18-20-15(28-23-18)10-7-11-16(25)27-12-14(24)21-22-17(26)13-8-5-4-6-9-13/h4-6,8-9H,7,10-12H2,1-3H3,(H,21,24)(H,22,26). The van der Waals surface area contributed by atoms with Crippen LogP contribution in [-0.2, 0) is 26.2 Å². The molecule has 1 aromatic carbocycles. The fourth-order valence-corrected chi connectivity index (χ4v) is 2.09. The van der Waals surface area contributed by atoms with E-state index in [1.165, 1.54) is 0 Å². The summed E-state index contributed by atoms with van der Waals surface area (Å²) < 4.78 is 10.0. The molecule has 0 aliphatic rings. The minimum Gasteiger partial charge on any atom is -0.455 e. The number of ether oxygens (including phenoxy) is 1. The summed E-state index contributed by atoms with van der Waals surface area (Å²) in [6.07, 6.45) is 1.01. The molecule has 2 aromatic rings. The number of hydrogen-bond donors (Lipinski definition) is 2. The van der Waals surface area contributed by atoms with Crippen molar-refractivity contribution in [3.05, 3.63) is 47.6 Å². The highest BCUT2D eigenvalue weighted by Gasteiger charge is 2.20. The van der Waals surface area contributed by atoms with Crippen LogP contribution in [0.4, 0.5) is 0 Å². The molecule has 150 valence electrons. The molecule has 0 bridgehead atoms. The lowest BCUT2D eigenvalue weighted by molar-refractivity contribution is -0.148. The van der Waals surface area contributed by atoms with Crippen LogP contribution in [0.15, 0.2) is 34.9 Å². The Morgan fingerprint density at radius 1 is 1.11 bits per heavy atom. The minimum absolute atomic E-state index is 0.108. The van der Waals surface area contributed by atoms with Gasteiger partial charge in [0, 0.05) is 23.8 Å². The third-order valence-electron chi connectivity index (χ3n) is 3.63. The SMILES string of the molecule is CC(C)(C)c1noc(CCCC(=O)OCC(=O)NNC(=O)c2ccccc2)n1. The Balaban J connectivity index is 1.62. The second-order valence-corrected chi connectivity index (χ2v) is 7.14. The van der Waals surface area contributed by atoms with Gasteiger partial charge >= 0.3 is 5.97 Å². The highest BCUT2D eigenvalue weighted by atomic mass is 16.5. The monoisotopic (exact) mass is 388 g/mol. The number of aromatic nitrogens is 2. The summed E-state index contributed by atoms with van der Waals surface area (Å²) in [5.41, 5.74) is 4.62. The Morgan fingerprint density at radius 2 is 1.82 bits per heavy atom. The lowest BCUT2D eigenvalue weighted by Gasteiger charge is -2.10. The number of amides is 2. The van der Waals surface area contributed by atoms with Gasteiger partial charge in [0.15, 0.2) is 12.4 Å². The Kier molecular flexibility index (Phi) is 7.25. The molecule has 9 nitrogen and oxygen atoms in total. The van der Waals surface area contributed by atoms with E-state index >= 15 is 0 Å². The summed E-state index contributed by atoms with van der Waals surface area (Å²) in [7, 11) is 0. The van der Waals surface area contributed by atoms with E-state index in [1.54, 1.807) is 30.3 Å². The van der Waals surface area contributed by atoms with E-state index < -0.39 is 24.4 Å². The predicted molar refractivity (Wildman–Crippen MR) is 98.9 cm³/mol. The number of nitrogens with one attached hydrogen (secondary N) is 2. The van der Waals surface area contributed by atoms with E-state index in [1.807, 2.05) is 20.8 Å². The minimum atomic E-state index is -0.635. The van der Waals surface area contributed by atoms with Gasteiger partial charge in [0.1, 0.15) is 0 Å². The molecule has 0 fully saturated rings. The summed E-state index contributed by atoms with van der Waals surface area (Å²) in [6.45, 7) is 5.45. The normalized spacial score (nSPS) is 11.0. The molecule has 0 unspecified atom stereocenters. The molecule has 0 aliphatic heterocycles. The summed E-state index contributed by atoms with van der Waals surface area (Å²) in [4.78, 5) is 39.4. The van der Waals surface area contributed by atoms with Crippen LogP contribution in [0.3, 0.4) is 0 Å². The first-order valence-corrected chi connectivity index (χ1v) is 8.88. The van der Waals surface area contributed by atoms with Crippen molar-refractivity contribution in [1.82, 2.24) is 21.0 Å². The van der Waals surface area contributed by atoms with Gasteiger partial charge in [0.25, 0.3) is 11.8 Å². The molecule has 0 spiro atoms. The highest BCUT2D eigenvalue weighted by Crippen LogP contribution is 2.18. The summed E-state index contributed by atoms with van der Waals surface area (Å²) in [5.74, 6) is -0.558. The average Bonchev–Trinajstić information content (AvgIpc) is 3.14. The van der Waals surface area contributed by atoms with Crippen molar-refractivity contribution in [2.75, 3.05) is 6.61 Å². The van der Waals surface area contributed by atoms with Crippen molar-refractivity contribution in [2.24, 2.45) is 0 Å². The van der Waals surface area contributed by atoms with Crippen LogP contribution in [0, 0.1) is 0 Å². The lowest BCUT2D eigenvalue weighted by Crippen LogP contribution is -2.43. The summed E-state index contributed by atoms with van der Waals surface area (Å²) >= 11 is 0. The molecular weight excluding hydrogens is 364 g/mol. The van der Waals surface area contributed by atoms with Gasteiger partial charge in [-0.1, -0.05) is 44.1 Å². The average molecular weight is 388 g/mol. The van der Waals surface area contributed by atoms with Gasteiger partial charge in [-0.15, -0.1) is 0 Å². The van der Waals surface area contributed by atoms with Gasteiger partial charge in [-0.05, 0) is 18.6 Å². The molecule has 0 saturated carbocycles. The number of nitrogens with zero attached hydrogens (tertiary/aromatic N) is 2. The lowest BCUT2D eigenvalue weighted by atomic mass is 9.96. The summed E-state index contributed by atoms with van der Waals surface area (Å²) in [5, 5.41) is 3.91. The van der Waals surface area contributed by atoms with Gasteiger partial charge in [-0.3, -0.25) is 25.2 Å². The molecule has 2 amide bonds. The maximum atomic E-state index is 11.8. The molecule has 28 heavy (non-hydrogen) atoms. The molecule has 1 heterocycles. The van der Waals surface area contributed by atoms with E-state index in [4.69, 9.17) is 9.26 Å². The molecule has 0 atom stereocenters. The zero-order valence-corrected chi connectivity index (χ0v) is 16.2. The fraction of sp³-hybridized carbons (Fsp3) is 0.421. The van der Waals surface area contributed by atoms with Gasteiger partial charge in [0.2, 0.25) is 5.89 Å². The van der Waals surface area contributed by atoms with Crippen molar-refractivity contribution >= 4 is 17.8 Å². The number of carbonyl (C=O) groups is 3. The van der Waals surface area contributed by atoms with Crippen molar-refractivity contribution in [3.8, 4) is 0 Å². The number of esters is 1. The molecule has 0 saturated heterocycles.